The number of anilines is 3. The number of hydrogen-bond acceptors (Lipinski definition) is 5. The maximum Gasteiger partial charge on any atom is 0.164 e. The first kappa shape index (κ1) is 25.0. The Kier molecular flexibility index (Phi) is 5.71. The van der Waals surface area contributed by atoms with E-state index in [9.17, 15) is 0 Å². The maximum absolute atomic E-state index is 5.08. The fourth-order valence-corrected chi connectivity index (χ4v) is 7.39. The van der Waals surface area contributed by atoms with Crippen molar-refractivity contribution in [3.8, 4) is 56.4 Å². The SMILES string of the molecule is c1ccc(-c2nc(-c3ccccc3)nc(-c3cc4c5c(c3)-c3ccccc3-c3ccccc3N5c3ccccc3S4)n2)cc1. The molecule has 0 N–H and O–H groups in total. The quantitative estimate of drug-likeness (QED) is 0.208. The molecule has 9 rings (SSSR count). The number of fused-ring (bicyclic) bond motifs is 7. The summed E-state index contributed by atoms with van der Waals surface area (Å²) in [7, 11) is 0. The van der Waals surface area contributed by atoms with Gasteiger partial charge in [-0.2, -0.15) is 0 Å². The van der Waals surface area contributed by atoms with E-state index in [2.05, 4.69) is 89.8 Å². The zero-order valence-electron chi connectivity index (χ0n) is 23.6. The smallest absolute Gasteiger partial charge is 0.164 e. The lowest BCUT2D eigenvalue weighted by Crippen LogP contribution is -2.15. The molecule has 3 heterocycles. The molecule has 6 aromatic carbocycles. The third kappa shape index (κ3) is 3.98. The first-order valence-corrected chi connectivity index (χ1v) is 15.4. The van der Waals surface area contributed by atoms with Gasteiger partial charge in [-0.3, -0.25) is 0 Å². The van der Waals surface area contributed by atoms with E-state index in [0.717, 1.165) is 22.3 Å². The second kappa shape index (κ2) is 10.0. The van der Waals surface area contributed by atoms with Gasteiger partial charge in [-0.25, -0.2) is 15.0 Å². The number of para-hydroxylation sites is 2. The molecule has 4 nitrogen and oxygen atoms in total. The van der Waals surface area contributed by atoms with Gasteiger partial charge in [0, 0.05) is 37.6 Å². The molecule has 2 aliphatic heterocycles. The molecular formula is C39H24N4S. The molecule has 0 bridgehead atoms. The molecular weight excluding hydrogens is 557 g/mol. The van der Waals surface area contributed by atoms with Gasteiger partial charge in [-0.05, 0) is 41.5 Å². The standard InChI is InChI=1S/C39H24N4S/c1-3-13-25(14-4-1)37-40-38(26-15-5-2-6-16-26)42-39(41-37)27-23-31-29-18-8-7-17-28(29)30-19-9-10-20-32(30)43-33-21-11-12-22-34(33)44-35(24-27)36(31)43/h1-24H. The highest BCUT2D eigenvalue weighted by Crippen LogP contribution is 2.59. The number of nitrogens with zero attached hydrogens (tertiary/aromatic N) is 4. The minimum absolute atomic E-state index is 0.655. The van der Waals surface area contributed by atoms with E-state index in [1.54, 1.807) is 11.8 Å². The molecule has 206 valence electrons. The van der Waals surface area contributed by atoms with Gasteiger partial charge in [0.1, 0.15) is 0 Å². The Morgan fingerprint density at radius 1 is 0.386 bits per heavy atom. The van der Waals surface area contributed by atoms with Crippen LogP contribution in [-0.4, -0.2) is 15.0 Å². The third-order valence-corrected chi connectivity index (χ3v) is 9.33. The van der Waals surface area contributed by atoms with Gasteiger partial charge >= 0.3 is 0 Å². The molecule has 0 aliphatic carbocycles. The van der Waals surface area contributed by atoms with Crippen molar-refractivity contribution in [1.82, 2.24) is 15.0 Å². The van der Waals surface area contributed by atoms with E-state index in [4.69, 9.17) is 15.0 Å². The van der Waals surface area contributed by atoms with Crippen molar-refractivity contribution < 1.29 is 0 Å². The van der Waals surface area contributed by atoms with E-state index in [0.29, 0.717) is 17.5 Å². The highest BCUT2D eigenvalue weighted by Gasteiger charge is 2.33. The van der Waals surface area contributed by atoms with Gasteiger partial charge < -0.3 is 4.90 Å². The summed E-state index contributed by atoms with van der Waals surface area (Å²) in [6.45, 7) is 0. The summed E-state index contributed by atoms with van der Waals surface area (Å²) >= 11 is 1.81. The second-order valence-electron chi connectivity index (χ2n) is 10.9. The fourth-order valence-electron chi connectivity index (χ4n) is 6.25. The summed E-state index contributed by atoms with van der Waals surface area (Å²) in [6, 6.07) is 50.9. The number of benzene rings is 6. The van der Waals surface area contributed by atoms with Crippen LogP contribution in [0, 0.1) is 0 Å². The van der Waals surface area contributed by atoms with Crippen LogP contribution in [0.5, 0.6) is 0 Å². The van der Waals surface area contributed by atoms with E-state index >= 15 is 0 Å². The van der Waals surface area contributed by atoms with Crippen molar-refractivity contribution in [2.75, 3.05) is 4.90 Å². The van der Waals surface area contributed by atoms with Crippen molar-refractivity contribution in [1.29, 1.82) is 0 Å². The molecule has 0 fully saturated rings. The maximum atomic E-state index is 5.08. The van der Waals surface area contributed by atoms with E-state index < -0.39 is 0 Å². The Morgan fingerprint density at radius 3 is 1.55 bits per heavy atom. The largest absolute Gasteiger partial charge is 0.307 e. The van der Waals surface area contributed by atoms with Gasteiger partial charge in [0.25, 0.3) is 0 Å². The zero-order valence-corrected chi connectivity index (χ0v) is 24.4. The van der Waals surface area contributed by atoms with E-state index in [-0.39, 0.29) is 0 Å². The summed E-state index contributed by atoms with van der Waals surface area (Å²) in [5, 5.41) is 0. The van der Waals surface area contributed by atoms with Crippen LogP contribution in [0.4, 0.5) is 17.1 Å². The normalized spacial score (nSPS) is 12.4. The Morgan fingerprint density at radius 2 is 0.886 bits per heavy atom. The van der Waals surface area contributed by atoms with E-state index in [1.807, 2.05) is 60.7 Å². The number of aromatic nitrogens is 3. The average Bonchev–Trinajstić information content (AvgIpc) is 3.23. The third-order valence-electron chi connectivity index (χ3n) is 8.23. The topological polar surface area (TPSA) is 41.9 Å². The van der Waals surface area contributed by atoms with Crippen LogP contribution in [-0.2, 0) is 0 Å². The fraction of sp³-hybridized carbons (Fsp3) is 0. The summed E-state index contributed by atoms with van der Waals surface area (Å²) < 4.78 is 0. The second-order valence-corrected chi connectivity index (χ2v) is 12.0. The molecule has 0 amide bonds. The first-order chi connectivity index (χ1) is 21.8. The van der Waals surface area contributed by atoms with Crippen LogP contribution < -0.4 is 4.90 Å². The molecule has 2 aliphatic rings. The predicted molar refractivity (Wildman–Crippen MR) is 179 cm³/mol. The molecule has 0 unspecified atom stereocenters. The summed E-state index contributed by atoms with van der Waals surface area (Å²) in [5.41, 5.74) is 11.2. The van der Waals surface area contributed by atoms with Crippen LogP contribution in [0.2, 0.25) is 0 Å². The number of hydrogen-bond donors (Lipinski definition) is 0. The van der Waals surface area contributed by atoms with E-state index in [1.165, 1.54) is 43.5 Å². The Balaban J connectivity index is 1.34. The van der Waals surface area contributed by atoms with Gasteiger partial charge in [0.2, 0.25) is 0 Å². The molecule has 0 spiro atoms. The lowest BCUT2D eigenvalue weighted by Gasteiger charge is -2.34. The van der Waals surface area contributed by atoms with Crippen molar-refractivity contribution in [3.63, 3.8) is 0 Å². The monoisotopic (exact) mass is 580 g/mol. The van der Waals surface area contributed by atoms with Gasteiger partial charge in [-0.1, -0.05) is 127 Å². The molecule has 0 saturated heterocycles. The lowest BCUT2D eigenvalue weighted by molar-refractivity contribution is 1.07. The van der Waals surface area contributed by atoms with Crippen LogP contribution in [0.3, 0.4) is 0 Å². The Bertz CT molecular complexity index is 2160. The van der Waals surface area contributed by atoms with Crippen molar-refractivity contribution >= 4 is 28.8 Å². The lowest BCUT2D eigenvalue weighted by atomic mass is 9.93. The van der Waals surface area contributed by atoms with Crippen LogP contribution in [0.25, 0.3) is 56.4 Å². The van der Waals surface area contributed by atoms with Gasteiger partial charge in [-0.15, -0.1) is 0 Å². The highest BCUT2D eigenvalue weighted by atomic mass is 32.2. The molecule has 1 aromatic heterocycles. The van der Waals surface area contributed by atoms with Crippen LogP contribution in [0.15, 0.2) is 155 Å². The molecule has 44 heavy (non-hydrogen) atoms. The molecule has 0 radical (unpaired) electrons. The molecule has 5 heteroatoms. The predicted octanol–water partition coefficient (Wildman–Crippen LogP) is 10.5. The summed E-state index contributed by atoms with van der Waals surface area (Å²) in [4.78, 5) is 19.9. The van der Waals surface area contributed by atoms with Crippen molar-refractivity contribution in [3.05, 3.63) is 146 Å². The molecule has 0 atom stereocenters. The van der Waals surface area contributed by atoms with Gasteiger partial charge in [0.15, 0.2) is 17.5 Å². The average molecular weight is 581 g/mol. The van der Waals surface area contributed by atoms with Crippen LogP contribution >= 0.6 is 11.8 Å². The Labute approximate surface area is 259 Å². The van der Waals surface area contributed by atoms with Crippen LogP contribution in [0.1, 0.15) is 0 Å². The summed E-state index contributed by atoms with van der Waals surface area (Å²) in [5.74, 6) is 1.97. The van der Waals surface area contributed by atoms with Gasteiger partial charge in [0.05, 0.1) is 17.1 Å². The minimum atomic E-state index is 0.655. The number of rotatable bonds is 3. The van der Waals surface area contributed by atoms with Crippen molar-refractivity contribution in [2.45, 2.75) is 9.79 Å². The van der Waals surface area contributed by atoms with Crippen molar-refractivity contribution in [2.24, 2.45) is 0 Å². The minimum Gasteiger partial charge on any atom is -0.307 e. The summed E-state index contributed by atoms with van der Waals surface area (Å²) in [6.07, 6.45) is 0. The highest BCUT2D eigenvalue weighted by molar-refractivity contribution is 7.99. The first-order valence-electron chi connectivity index (χ1n) is 14.6. The molecule has 7 aromatic rings. The zero-order chi connectivity index (χ0) is 29.0. The molecule has 0 saturated carbocycles. The Hall–Kier alpha value is -5.52.